The van der Waals surface area contributed by atoms with Gasteiger partial charge < -0.3 is 4.84 Å². The van der Waals surface area contributed by atoms with Crippen LogP contribution in [0.4, 0.5) is 0 Å². The van der Waals surface area contributed by atoms with Crippen molar-refractivity contribution in [3.8, 4) is 0 Å². The largest absolute Gasteiger partial charge is 0.391 e. The smallest absolute Gasteiger partial charge is 0.160 e. The number of likely N-dealkylation sites (tertiary alicyclic amines) is 1. The van der Waals surface area contributed by atoms with Gasteiger partial charge in [0.25, 0.3) is 0 Å². The monoisotopic (exact) mass is 313 g/mol. The molecule has 1 fully saturated rings. The van der Waals surface area contributed by atoms with E-state index in [0.29, 0.717) is 5.92 Å². The zero-order valence-corrected chi connectivity index (χ0v) is 13.6. The third-order valence-corrected chi connectivity index (χ3v) is 4.96. The van der Waals surface area contributed by atoms with Gasteiger partial charge in [0.1, 0.15) is 11.9 Å². The molecule has 2 aromatic rings. The van der Waals surface area contributed by atoms with Gasteiger partial charge in [0.05, 0.1) is 5.71 Å². The molecule has 2 aliphatic heterocycles. The maximum absolute atomic E-state index is 5.54. The van der Waals surface area contributed by atoms with Crippen LogP contribution in [0, 0.1) is 0 Å². The summed E-state index contributed by atoms with van der Waals surface area (Å²) < 4.78 is 2.13. The summed E-state index contributed by atoms with van der Waals surface area (Å²) in [4.78, 5) is 8.03. The molecular formula is C17H23N5O. The van der Waals surface area contributed by atoms with Crippen molar-refractivity contribution >= 4 is 11.4 Å². The van der Waals surface area contributed by atoms with Gasteiger partial charge in [-0.1, -0.05) is 18.1 Å². The second kappa shape index (κ2) is 6.28. The molecule has 0 spiro atoms. The fourth-order valence-electron chi connectivity index (χ4n) is 3.59. The average molecular weight is 313 g/mol. The summed E-state index contributed by atoms with van der Waals surface area (Å²) in [6.07, 6.45) is 6.56. The summed E-state index contributed by atoms with van der Waals surface area (Å²) >= 11 is 0. The molecule has 2 aliphatic rings. The van der Waals surface area contributed by atoms with Crippen LogP contribution in [-0.4, -0.2) is 50.9 Å². The normalized spacial score (nSPS) is 23.2. The summed E-state index contributed by atoms with van der Waals surface area (Å²) in [6, 6.07) is 6.05. The van der Waals surface area contributed by atoms with Gasteiger partial charge in [-0.3, -0.25) is 9.30 Å². The Morgan fingerprint density at radius 1 is 1.22 bits per heavy atom. The van der Waals surface area contributed by atoms with Gasteiger partial charge in [-0.25, -0.2) is 0 Å². The Morgan fingerprint density at radius 2 is 2.09 bits per heavy atom. The van der Waals surface area contributed by atoms with Gasteiger partial charge in [0.15, 0.2) is 5.65 Å². The molecule has 1 saturated heterocycles. The van der Waals surface area contributed by atoms with E-state index in [1.165, 1.54) is 5.71 Å². The molecule has 1 atom stereocenters. The molecule has 4 heterocycles. The highest BCUT2D eigenvalue weighted by Crippen LogP contribution is 2.27. The molecular weight excluding hydrogens is 290 g/mol. The maximum Gasteiger partial charge on any atom is 0.160 e. The Hall–Kier alpha value is -1.95. The van der Waals surface area contributed by atoms with E-state index in [1.807, 2.05) is 18.2 Å². The van der Waals surface area contributed by atoms with Crippen LogP contribution in [0.25, 0.3) is 5.65 Å². The first-order valence-electron chi connectivity index (χ1n) is 8.57. The molecule has 23 heavy (non-hydrogen) atoms. The number of rotatable bonds is 4. The van der Waals surface area contributed by atoms with Gasteiger partial charge >= 0.3 is 0 Å². The molecule has 0 amide bonds. The second-order valence-corrected chi connectivity index (χ2v) is 6.50. The van der Waals surface area contributed by atoms with E-state index >= 15 is 0 Å². The van der Waals surface area contributed by atoms with Gasteiger partial charge in [0.2, 0.25) is 0 Å². The van der Waals surface area contributed by atoms with E-state index < -0.39 is 0 Å². The van der Waals surface area contributed by atoms with E-state index in [4.69, 9.17) is 4.84 Å². The quantitative estimate of drug-likeness (QED) is 0.870. The number of nitrogens with zero attached hydrogens (tertiary/aromatic N) is 5. The van der Waals surface area contributed by atoms with E-state index in [2.05, 4.69) is 37.8 Å². The molecule has 0 saturated carbocycles. The highest BCUT2D eigenvalue weighted by atomic mass is 16.6. The third kappa shape index (κ3) is 2.95. The summed E-state index contributed by atoms with van der Waals surface area (Å²) in [5, 5.41) is 12.9. The molecule has 0 bridgehead atoms. The number of hydrogen-bond acceptors (Lipinski definition) is 5. The van der Waals surface area contributed by atoms with Gasteiger partial charge in [-0.15, -0.1) is 10.2 Å². The van der Waals surface area contributed by atoms with Crippen LogP contribution < -0.4 is 0 Å². The predicted molar refractivity (Wildman–Crippen MR) is 88.6 cm³/mol. The summed E-state index contributed by atoms with van der Waals surface area (Å²) in [7, 11) is 0. The summed E-state index contributed by atoms with van der Waals surface area (Å²) in [5.41, 5.74) is 2.13. The number of hydrogen-bond donors (Lipinski definition) is 0. The number of piperidine rings is 1. The average Bonchev–Trinajstić information content (AvgIpc) is 3.22. The Bertz CT molecular complexity index is 702. The zero-order valence-electron chi connectivity index (χ0n) is 13.6. The Morgan fingerprint density at radius 3 is 2.87 bits per heavy atom. The van der Waals surface area contributed by atoms with Crippen LogP contribution in [0.5, 0.6) is 0 Å². The highest BCUT2D eigenvalue weighted by Gasteiger charge is 2.28. The van der Waals surface area contributed by atoms with Crippen LogP contribution in [0.2, 0.25) is 0 Å². The molecule has 6 nitrogen and oxygen atoms in total. The van der Waals surface area contributed by atoms with Gasteiger partial charge in [0, 0.05) is 25.1 Å². The fourth-order valence-corrected chi connectivity index (χ4v) is 3.59. The molecule has 0 radical (unpaired) electrons. The minimum atomic E-state index is 0.246. The van der Waals surface area contributed by atoms with E-state index in [-0.39, 0.29) is 6.10 Å². The van der Waals surface area contributed by atoms with Gasteiger partial charge in [-0.05, 0) is 44.5 Å². The lowest BCUT2D eigenvalue weighted by molar-refractivity contribution is 0.0451. The summed E-state index contributed by atoms with van der Waals surface area (Å²) in [6.45, 7) is 5.31. The predicted octanol–water partition coefficient (Wildman–Crippen LogP) is 2.46. The van der Waals surface area contributed by atoms with Crippen molar-refractivity contribution < 1.29 is 4.84 Å². The number of aromatic nitrogens is 3. The fraction of sp³-hybridized carbons (Fsp3) is 0.588. The van der Waals surface area contributed by atoms with Crippen molar-refractivity contribution in [2.24, 2.45) is 5.16 Å². The second-order valence-electron chi connectivity index (χ2n) is 6.50. The van der Waals surface area contributed by atoms with Crippen molar-refractivity contribution in [3.05, 3.63) is 30.2 Å². The van der Waals surface area contributed by atoms with Crippen LogP contribution in [0.15, 0.2) is 29.6 Å². The van der Waals surface area contributed by atoms with Crippen molar-refractivity contribution in [2.75, 3.05) is 19.6 Å². The Labute approximate surface area is 136 Å². The first-order chi connectivity index (χ1) is 11.3. The van der Waals surface area contributed by atoms with Crippen LogP contribution in [0.3, 0.4) is 0 Å². The maximum atomic E-state index is 5.54. The zero-order chi connectivity index (χ0) is 15.6. The molecule has 122 valence electrons. The molecule has 1 unspecified atom stereocenters. The molecule has 0 aliphatic carbocycles. The minimum absolute atomic E-state index is 0.246. The van der Waals surface area contributed by atoms with Crippen molar-refractivity contribution in [3.63, 3.8) is 0 Å². The number of oxime groups is 1. The van der Waals surface area contributed by atoms with E-state index in [1.54, 1.807) is 0 Å². The molecule has 4 rings (SSSR count). The molecule has 0 aromatic carbocycles. The lowest BCUT2D eigenvalue weighted by Gasteiger charge is -2.32. The van der Waals surface area contributed by atoms with Crippen LogP contribution in [0.1, 0.15) is 44.3 Å². The molecule has 0 N–H and O–H groups in total. The number of fused-ring (bicyclic) bond motifs is 1. The molecule has 2 aromatic heterocycles. The Kier molecular flexibility index (Phi) is 3.99. The van der Waals surface area contributed by atoms with Crippen molar-refractivity contribution in [2.45, 2.75) is 44.6 Å². The van der Waals surface area contributed by atoms with Crippen LogP contribution >= 0.6 is 0 Å². The Balaban J connectivity index is 1.34. The highest BCUT2D eigenvalue weighted by molar-refractivity contribution is 5.85. The van der Waals surface area contributed by atoms with E-state index in [9.17, 15) is 0 Å². The molecule has 6 heteroatoms. The SMILES string of the molecule is CCC1=NOC(CN2CCC(c3nnc4ccccn34)CC2)C1. The topological polar surface area (TPSA) is 55.0 Å². The van der Waals surface area contributed by atoms with E-state index in [0.717, 1.165) is 56.8 Å². The lowest BCUT2D eigenvalue weighted by atomic mass is 9.95. The van der Waals surface area contributed by atoms with Gasteiger partial charge in [-0.2, -0.15) is 0 Å². The van der Waals surface area contributed by atoms with Crippen molar-refractivity contribution in [1.82, 2.24) is 19.5 Å². The van der Waals surface area contributed by atoms with Crippen molar-refractivity contribution in [1.29, 1.82) is 0 Å². The van der Waals surface area contributed by atoms with Crippen LogP contribution in [-0.2, 0) is 4.84 Å². The first-order valence-corrected chi connectivity index (χ1v) is 8.57. The lowest BCUT2D eigenvalue weighted by Crippen LogP contribution is -2.38. The number of pyridine rings is 1. The standard InChI is InChI=1S/C17H23N5O/c1-2-14-11-15(23-20-14)12-21-9-6-13(7-10-21)17-19-18-16-5-3-4-8-22(16)17/h3-5,8,13,15H,2,6-7,9-12H2,1H3. The third-order valence-electron chi connectivity index (χ3n) is 4.96. The first kappa shape index (κ1) is 14.6. The minimum Gasteiger partial charge on any atom is -0.391 e. The summed E-state index contributed by atoms with van der Waals surface area (Å²) in [5.74, 6) is 1.60.